The van der Waals surface area contributed by atoms with Gasteiger partial charge in [-0.25, -0.2) is 0 Å². The van der Waals surface area contributed by atoms with Gasteiger partial charge in [-0.1, -0.05) is 18.2 Å². The van der Waals surface area contributed by atoms with Crippen molar-refractivity contribution in [1.29, 1.82) is 0 Å². The number of rotatable bonds is 5. The molecule has 0 aliphatic heterocycles. The van der Waals surface area contributed by atoms with E-state index in [9.17, 15) is 9.36 Å². The van der Waals surface area contributed by atoms with E-state index < -0.39 is 19.5 Å². The van der Waals surface area contributed by atoms with E-state index in [4.69, 9.17) is 14.5 Å². The molecule has 0 radical (unpaired) electrons. The topological polar surface area (TPSA) is 95.9 Å². The van der Waals surface area contributed by atoms with Crippen molar-refractivity contribution < 1.29 is 23.9 Å². The van der Waals surface area contributed by atoms with Crippen LogP contribution in [-0.2, 0) is 9.30 Å². The standard InChI is InChI=1S/C10H14NO5P/c1-2-16-10(17(13,14)15)11-9(12)8-6-4-3-5-7-8/h3-7,10H,2H2,1H3,(H,11,12)(H2,13,14,15). The van der Waals surface area contributed by atoms with Gasteiger partial charge in [0.2, 0.25) is 5.97 Å². The second-order valence-electron chi connectivity index (χ2n) is 3.24. The van der Waals surface area contributed by atoms with Crippen LogP contribution in [0.2, 0.25) is 0 Å². The van der Waals surface area contributed by atoms with E-state index >= 15 is 0 Å². The number of amides is 1. The zero-order valence-electron chi connectivity index (χ0n) is 9.24. The zero-order chi connectivity index (χ0) is 12.9. The summed E-state index contributed by atoms with van der Waals surface area (Å²) >= 11 is 0. The molecular weight excluding hydrogens is 245 g/mol. The third-order valence-corrected chi connectivity index (χ3v) is 2.81. The molecule has 0 aliphatic carbocycles. The number of carbonyl (C=O) groups is 1. The molecule has 1 unspecified atom stereocenters. The lowest BCUT2D eigenvalue weighted by Crippen LogP contribution is -2.36. The molecule has 0 saturated heterocycles. The molecule has 3 N–H and O–H groups in total. The average molecular weight is 259 g/mol. The predicted molar refractivity (Wildman–Crippen MR) is 61.4 cm³/mol. The van der Waals surface area contributed by atoms with Gasteiger partial charge in [-0.05, 0) is 19.1 Å². The van der Waals surface area contributed by atoms with Crippen LogP contribution in [-0.4, -0.2) is 28.3 Å². The van der Waals surface area contributed by atoms with Crippen molar-refractivity contribution in [3.8, 4) is 0 Å². The van der Waals surface area contributed by atoms with Crippen molar-refractivity contribution in [1.82, 2.24) is 5.32 Å². The first-order valence-electron chi connectivity index (χ1n) is 4.98. The zero-order valence-corrected chi connectivity index (χ0v) is 10.1. The van der Waals surface area contributed by atoms with E-state index in [0.29, 0.717) is 5.56 Å². The largest absolute Gasteiger partial charge is 0.374 e. The van der Waals surface area contributed by atoms with Crippen LogP contribution >= 0.6 is 7.60 Å². The smallest absolute Gasteiger partial charge is 0.348 e. The molecule has 1 aromatic carbocycles. The van der Waals surface area contributed by atoms with Gasteiger partial charge in [0, 0.05) is 12.2 Å². The van der Waals surface area contributed by atoms with Gasteiger partial charge in [-0.15, -0.1) is 0 Å². The Hall–Kier alpha value is -1.20. The van der Waals surface area contributed by atoms with Gasteiger partial charge in [0.25, 0.3) is 5.91 Å². The van der Waals surface area contributed by atoms with E-state index in [1.807, 2.05) is 0 Å². The summed E-state index contributed by atoms with van der Waals surface area (Å²) < 4.78 is 15.8. The summed E-state index contributed by atoms with van der Waals surface area (Å²) in [4.78, 5) is 29.6. The fourth-order valence-electron chi connectivity index (χ4n) is 1.17. The lowest BCUT2D eigenvalue weighted by Gasteiger charge is -2.19. The predicted octanol–water partition coefficient (Wildman–Crippen LogP) is 0.914. The average Bonchev–Trinajstić information content (AvgIpc) is 2.28. The summed E-state index contributed by atoms with van der Waals surface area (Å²) in [5, 5.41) is 2.15. The number of hydrogen-bond acceptors (Lipinski definition) is 3. The minimum Gasteiger partial charge on any atom is -0.348 e. The van der Waals surface area contributed by atoms with Crippen LogP contribution in [0.5, 0.6) is 0 Å². The van der Waals surface area contributed by atoms with Gasteiger partial charge >= 0.3 is 7.60 Å². The monoisotopic (exact) mass is 259 g/mol. The van der Waals surface area contributed by atoms with Gasteiger partial charge in [-0.3, -0.25) is 9.36 Å². The second kappa shape index (κ2) is 5.93. The Balaban J connectivity index is 2.75. The van der Waals surface area contributed by atoms with Crippen molar-refractivity contribution in [2.24, 2.45) is 0 Å². The van der Waals surface area contributed by atoms with Crippen molar-refractivity contribution in [3.05, 3.63) is 35.9 Å². The Morgan fingerprint density at radius 3 is 2.47 bits per heavy atom. The van der Waals surface area contributed by atoms with Crippen LogP contribution < -0.4 is 5.32 Å². The molecule has 1 atom stereocenters. The molecule has 1 aromatic rings. The molecule has 1 amide bonds. The Morgan fingerprint density at radius 1 is 1.41 bits per heavy atom. The second-order valence-corrected chi connectivity index (χ2v) is 4.88. The lowest BCUT2D eigenvalue weighted by molar-refractivity contribution is 0.0595. The normalized spacial score (nSPS) is 13.1. The highest BCUT2D eigenvalue weighted by Gasteiger charge is 2.31. The molecule has 1 rings (SSSR count). The fraction of sp³-hybridized carbons (Fsp3) is 0.300. The summed E-state index contributed by atoms with van der Waals surface area (Å²) in [5.74, 6) is -2.20. The molecule has 0 heterocycles. The first-order chi connectivity index (χ1) is 7.95. The van der Waals surface area contributed by atoms with Crippen LogP contribution in [0.3, 0.4) is 0 Å². The Bertz CT molecular complexity index is 416. The molecule has 17 heavy (non-hydrogen) atoms. The summed E-state index contributed by atoms with van der Waals surface area (Å²) in [6.45, 7) is 1.67. The maximum atomic E-state index is 11.6. The van der Waals surface area contributed by atoms with E-state index in [2.05, 4.69) is 5.32 Å². The third-order valence-electron chi connectivity index (χ3n) is 1.92. The lowest BCUT2D eigenvalue weighted by atomic mass is 10.2. The maximum absolute atomic E-state index is 11.6. The number of hydrogen-bond donors (Lipinski definition) is 3. The summed E-state index contributed by atoms with van der Waals surface area (Å²) in [7, 11) is -4.52. The molecular formula is C10H14NO5P. The van der Waals surface area contributed by atoms with Crippen molar-refractivity contribution in [2.45, 2.75) is 12.9 Å². The van der Waals surface area contributed by atoms with Gasteiger partial charge in [-0.2, -0.15) is 0 Å². The van der Waals surface area contributed by atoms with Gasteiger partial charge in [0.15, 0.2) is 0 Å². The minimum absolute atomic E-state index is 0.0881. The van der Waals surface area contributed by atoms with Crippen LogP contribution in [0.1, 0.15) is 17.3 Å². The Labute approximate surface area is 98.8 Å². The van der Waals surface area contributed by atoms with E-state index in [-0.39, 0.29) is 6.61 Å². The molecule has 7 heteroatoms. The first kappa shape index (κ1) is 13.9. The van der Waals surface area contributed by atoms with E-state index in [0.717, 1.165) is 0 Å². The molecule has 0 bridgehead atoms. The van der Waals surface area contributed by atoms with Gasteiger partial charge in [0.05, 0.1) is 0 Å². The fourth-order valence-corrected chi connectivity index (χ4v) is 1.79. The Morgan fingerprint density at radius 2 is 2.00 bits per heavy atom. The molecule has 6 nitrogen and oxygen atoms in total. The summed E-state index contributed by atoms with van der Waals surface area (Å²) in [6.07, 6.45) is 0. The first-order valence-corrected chi connectivity index (χ1v) is 6.66. The number of benzene rings is 1. The highest BCUT2D eigenvalue weighted by Crippen LogP contribution is 2.40. The molecule has 0 fully saturated rings. The quantitative estimate of drug-likeness (QED) is 0.539. The van der Waals surface area contributed by atoms with Crippen molar-refractivity contribution in [3.63, 3.8) is 0 Å². The molecule has 0 saturated carbocycles. The van der Waals surface area contributed by atoms with E-state index in [1.54, 1.807) is 25.1 Å². The Kier molecular flexibility index (Phi) is 4.84. The molecule has 94 valence electrons. The molecule has 0 aliphatic rings. The third kappa shape index (κ3) is 4.28. The van der Waals surface area contributed by atoms with Crippen LogP contribution in [0.15, 0.2) is 30.3 Å². The SMILES string of the molecule is CCOC(NC(=O)c1ccccc1)P(=O)(O)O. The van der Waals surface area contributed by atoms with Crippen LogP contribution in [0.4, 0.5) is 0 Å². The highest BCUT2D eigenvalue weighted by atomic mass is 31.2. The van der Waals surface area contributed by atoms with Gasteiger partial charge in [0.1, 0.15) is 0 Å². The van der Waals surface area contributed by atoms with Crippen molar-refractivity contribution in [2.75, 3.05) is 6.61 Å². The summed E-state index contributed by atoms with van der Waals surface area (Å²) in [6, 6.07) is 8.12. The highest BCUT2D eigenvalue weighted by molar-refractivity contribution is 7.52. The maximum Gasteiger partial charge on any atom is 0.374 e. The number of ether oxygens (including phenoxy) is 1. The number of carbonyl (C=O) groups excluding carboxylic acids is 1. The number of nitrogens with one attached hydrogen (secondary N) is 1. The minimum atomic E-state index is -4.52. The van der Waals surface area contributed by atoms with Crippen molar-refractivity contribution >= 4 is 13.5 Å². The van der Waals surface area contributed by atoms with Crippen LogP contribution in [0.25, 0.3) is 0 Å². The summed E-state index contributed by atoms with van der Waals surface area (Å²) in [5.41, 5.74) is 0.311. The van der Waals surface area contributed by atoms with E-state index in [1.165, 1.54) is 12.1 Å². The molecule has 0 spiro atoms. The van der Waals surface area contributed by atoms with Gasteiger partial charge < -0.3 is 19.8 Å². The molecule has 0 aromatic heterocycles. The van der Waals surface area contributed by atoms with Crippen LogP contribution in [0, 0.1) is 0 Å².